The lowest BCUT2D eigenvalue weighted by atomic mass is 9.97. The fraction of sp³-hybridized carbons (Fsp3) is 0.222. The second kappa shape index (κ2) is 6.30. The molecule has 0 aliphatic rings. The molecule has 1 atom stereocenters. The van der Waals surface area contributed by atoms with Gasteiger partial charge in [0, 0.05) is 9.17 Å². The fourth-order valence-corrected chi connectivity index (χ4v) is 4.37. The number of hydrogen-bond acceptors (Lipinski definition) is 2. The fourth-order valence-electron chi connectivity index (χ4n) is 2.73. The average molecular weight is 360 g/mol. The second-order valence-electron chi connectivity index (χ2n) is 5.21. The van der Waals surface area contributed by atoms with Crippen molar-refractivity contribution >= 4 is 37.4 Å². The number of halogens is 1. The Morgan fingerprint density at radius 1 is 1.19 bits per heavy atom. The molecule has 0 radical (unpaired) electrons. The van der Waals surface area contributed by atoms with E-state index in [4.69, 9.17) is 0 Å². The van der Waals surface area contributed by atoms with E-state index >= 15 is 0 Å². The lowest BCUT2D eigenvalue weighted by molar-refractivity contribution is 0.635. The van der Waals surface area contributed by atoms with E-state index in [0.717, 1.165) is 6.54 Å². The van der Waals surface area contributed by atoms with E-state index < -0.39 is 0 Å². The highest BCUT2D eigenvalue weighted by molar-refractivity contribution is 9.10. The summed E-state index contributed by atoms with van der Waals surface area (Å²) >= 11 is 5.46. The van der Waals surface area contributed by atoms with Gasteiger partial charge in [0.2, 0.25) is 0 Å². The average Bonchev–Trinajstić information content (AvgIpc) is 2.90. The Hall–Kier alpha value is -1.16. The highest BCUT2D eigenvalue weighted by Crippen LogP contribution is 2.37. The zero-order valence-corrected chi connectivity index (χ0v) is 14.6. The van der Waals surface area contributed by atoms with Crippen LogP contribution in [-0.4, -0.2) is 6.54 Å². The first-order valence-corrected chi connectivity index (χ1v) is 8.83. The van der Waals surface area contributed by atoms with Crippen LogP contribution < -0.4 is 5.32 Å². The quantitative estimate of drug-likeness (QED) is 0.632. The number of fused-ring (bicyclic) bond motifs is 1. The largest absolute Gasteiger partial charge is 0.306 e. The predicted molar refractivity (Wildman–Crippen MR) is 96.2 cm³/mol. The maximum absolute atomic E-state index is 3.66. The van der Waals surface area contributed by atoms with E-state index in [1.807, 2.05) is 0 Å². The molecule has 2 aromatic carbocycles. The minimum absolute atomic E-state index is 0.248. The molecule has 1 N–H and O–H groups in total. The van der Waals surface area contributed by atoms with Crippen LogP contribution in [0.2, 0.25) is 0 Å². The van der Waals surface area contributed by atoms with Gasteiger partial charge in [-0.3, -0.25) is 0 Å². The molecule has 0 aliphatic carbocycles. The van der Waals surface area contributed by atoms with E-state index in [-0.39, 0.29) is 6.04 Å². The minimum atomic E-state index is 0.248. The van der Waals surface area contributed by atoms with Crippen molar-refractivity contribution in [1.29, 1.82) is 0 Å². The van der Waals surface area contributed by atoms with E-state index in [1.54, 1.807) is 11.3 Å². The lowest BCUT2D eigenvalue weighted by Gasteiger charge is -2.19. The Labute approximate surface area is 138 Å². The first-order valence-electron chi connectivity index (χ1n) is 7.16. The normalized spacial score (nSPS) is 12.7. The topological polar surface area (TPSA) is 12.0 Å². The SMILES string of the molecule is CCNC(c1cccc(C)c1)c1csc2c(Br)cccc12. The molecule has 0 bridgehead atoms. The second-order valence-corrected chi connectivity index (χ2v) is 6.95. The van der Waals surface area contributed by atoms with Crippen LogP contribution in [0, 0.1) is 6.92 Å². The summed E-state index contributed by atoms with van der Waals surface area (Å²) in [7, 11) is 0. The van der Waals surface area contributed by atoms with Crippen molar-refractivity contribution in [3.63, 3.8) is 0 Å². The zero-order chi connectivity index (χ0) is 14.8. The third-order valence-electron chi connectivity index (χ3n) is 3.68. The molecule has 108 valence electrons. The summed E-state index contributed by atoms with van der Waals surface area (Å²) in [5.41, 5.74) is 4.00. The van der Waals surface area contributed by atoms with E-state index in [0.29, 0.717) is 0 Å². The number of benzene rings is 2. The van der Waals surface area contributed by atoms with Crippen molar-refractivity contribution in [3.05, 3.63) is 69.0 Å². The molecule has 0 amide bonds. The molecule has 21 heavy (non-hydrogen) atoms. The van der Waals surface area contributed by atoms with Crippen LogP contribution in [0.4, 0.5) is 0 Å². The summed E-state index contributed by atoms with van der Waals surface area (Å²) in [5.74, 6) is 0. The maximum Gasteiger partial charge on any atom is 0.0591 e. The van der Waals surface area contributed by atoms with E-state index in [9.17, 15) is 0 Å². The highest BCUT2D eigenvalue weighted by Gasteiger charge is 2.18. The van der Waals surface area contributed by atoms with Crippen LogP contribution in [0.1, 0.15) is 29.7 Å². The lowest BCUT2D eigenvalue weighted by Crippen LogP contribution is -2.21. The van der Waals surface area contributed by atoms with Gasteiger partial charge in [0.15, 0.2) is 0 Å². The molecule has 1 unspecified atom stereocenters. The van der Waals surface area contributed by atoms with Crippen LogP contribution in [0.15, 0.2) is 52.3 Å². The minimum Gasteiger partial charge on any atom is -0.306 e. The third-order valence-corrected chi connectivity index (χ3v) is 5.65. The van der Waals surface area contributed by atoms with Gasteiger partial charge < -0.3 is 5.32 Å². The number of nitrogens with one attached hydrogen (secondary N) is 1. The number of thiophene rings is 1. The molecule has 3 heteroatoms. The van der Waals surface area contributed by atoms with Crippen molar-refractivity contribution in [2.24, 2.45) is 0 Å². The molecule has 3 aromatic rings. The standard InChI is InChI=1S/C18H18BrNS/c1-3-20-17(13-7-4-6-12(2)10-13)15-11-21-18-14(15)8-5-9-16(18)19/h4-11,17,20H,3H2,1-2H3. The Kier molecular flexibility index (Phi) is 4.43. The van der Waals surface area contributed by atoms with Crippen LogP contribution in [-0.2, 0) is 0 Å². The number of hydrogen-bond donors (Lipinski definition) is 1. The molecule has 0 fully saturated rings. The first kappa shape index (κ1) is 14.8. The Bertz CT molecular complexity index is 763. The van der Waals surface area contributed by atoms with Crippen molar-refractivity contribution in [3.8, 4) is 0 Å². The first-order chi connectivity index (χ1) is 10.2. The Morgan fingerprint density at radius 2 is 2.00 bits per heavy atom. The highest BCUT2D eigenvalue weighted by atomic mass is 79.9. The summed E-state index contributed by atoms with van der Waals surface area (Å²) in [6, 6.07) is 15.5. The summed E-state index contributed by atoms with van der Waals surface area (Å²) < 4.78 is 2.50. The van der Waals surface area contributed by atoms with Crippen molar-refractivity contribution in [2.75, 3.05) is 6.54 Å². The van der Waals surface area contributed by atoms with Gasteiger partial charge in [-0.05, 0) is 57.4 Å². The molecule has 1 aromatic heterocycles. The van der Waals surface area contributed by atoms with Crippen molar-refractivity contribution in [2.45, 2.75) is 19.9 Å². The van der Waals surface area contributed by atoms with Gasteiger partial charge in [0.05, 0.1) is 6.04 Å². The van der Waals surface area contributed by atoms with Gasteiger partial charge >= 0.3 is 0 Å². The smallest absolute Gasteiger partial charge is 0.0591 e. The monoisotopic (exact) mass is 359 g/mol. The van der Waals surface area contributed by atoms with E-state index in [1.165, 1.54) is 31.2 Å². The van der Waals surface area contributed by atoms with Crippen LogP contribution >= 0.6 is 27.3 Å². The van der Waals surface area contributed by atoms with Gasteiger partial charge in [-0.15, -0.1) is 11.3 Å². The Balaban J connectivity index is 2.14. The van der Waals surface area contributed by atoms with Gasteiger partial charge in [-0.1, -0.05) is 48.9 Å². The number of aryl methyl sites for hydroxylation is 1. The molecule has 0 saturated heterocycles. The third kappa shape index (κ3) is 2.91. The van der Waals surface area contributed by atoms with Crippen LogP contribution in [0.3, 0.4) is 0 Å². The van der Waals surface area contributed by atoms with Gasteiger partial charge in [0.1, 0.15) is 0 Å². The molecule has 0 saturated carbocycles. The van der Waals surface area contributed by atoms with Crippen LogP contribution in [0.25, 0.3) is 10.1 Å². The molecular weight excluding hydrogens is 342 g/mol. The molecule has 0 spiro atoms. The maximum atomic E-state index is 3.66. The Morgan fingerprint density at radius 3 is 2.76 bits per heavy atom. The van der Waals surface area contributed by atoms with Crippen molar-refractivity contribution < 1.29 is 0 Å². The van der Waals surface area contributed by atoms with Crippen molar-refractivity contribution in [1.82, 2.24) is 5.32 Å². The summed E-state index contributed by atoms with van der Waals surface area (Å²) in [5, 5.41) is 7.25. The predicted octanol–water partition coefficient (Wildman–Crippen LogP) is 5.67. The molecule has 0 aliphatic heterocycles. The van der Waals surface area contributed by atoms with Gasteiger partial charge in [-0.25, -0.2) is 0 Å². The van der Waals surface area contributed by atoms with Crippen LogP contribution in [0.5, 0.6) is 0 Å². The van der Waals surface area contributed by atoms with Gasteiger partial charge in [-0.2, -0.15) is 0 Å². The zero-order valence-electron chi connectivity index (χ0n) is 12.2. The molecular formula is C18H18BrNS. The summed E-state index contributed by atoms with van der Waals surface area (Å²) in [6.07, 6.45) is 0. The molecule has 3 rings (SSSR count). The summed E-state index contributed by atoms with van der Waals surface area (Å²) in [4.78, 5) is 0. The van der Waals surface area contributed by atoms with E-state index in [2.05, 4.69) is 82.9 Å². The molecule has 1 nitrogen and oxygen atoms in total. The molecule has 1 heterocycles. The summed E-state index contributed by atoms with van der Waals surface area (Å²) in [6.45, 7) is 5.26. The number of rotatable bonds is 4. The van der Waals surface area contributed by atoms with Gasteiger partial charge in [0.25, 0.3) is 0 Å².